The number of nitrogens with two attached hydrogens (primary N) is 2. The van der Waals surface area contributed by atoms with Crippen LogP contribution in [0.1, 0.15) is 42.1 Å². The fourth-order valence-corrected chi connectivity index (χ4v) is 5.56. The largest absolute Gasteiger partial charge is 0.416 e. The summed E-state index contributed by atoms with van der Waals surface area (Å²) in [6.45, 7) is 3.07. The van der Waals surface area contributed by atoms with Crippen molar-refractivity contribution >= 4 is 17.5 Å². The van der Waals surface area contributed by atoms with Crippen molar-refractivity contribution in [2.75, 3.05) is 25.4 Å². The van der Waals surface area contributed by atoms with Crippen molar-refractivity contribution in [1.82, 2.24) is 19.7 Å². The second-order valence-electron chi connectivity index (χ2n) is 8.84. The van der Waals surface area contributed by atoms with E-state index in [0.717, 1.165) is 55.4 Å². The lowest BCUT2D eigenvalue weighted by Crippen LogP contribution is -2.23. The number of rotatable bonds is 8. The Morgan fingerprint density at radius 1 is 1.27 bits per heavy atom. The van der Waals surface area contributed by atoms with Crippen molar-refractivity contribution in [2.24, 2.45) is 23.9 Å². The van der Waals surface area contributed by atoms with E-state index in [1.165, 1.54) is 18.3 Å². The van der Waals surface area contributed by atoms with Gasteiger partial charge in [-0.15, -0.1) is 10.2 Å². The van der Waals surface area contributed by atoms with Crippen molar-refractivity contribution in [3.05, 3.63) is 59.6 Å². The molecule has 4 N–H and O–H groups in total. The number of nitrogens with zero attached hydrogens (tertiary/aromatic N) is 4. The van der Waals surface area contributed by atoms with Crippen molar-refractivity contribution in [3.8, 4) is 0 Å². The number of halogens is 3. The average molecular weight is 479 g/mol. The molecular formula is C23H29F3N6S. The third-order valence-corrected chi connectivity index (χ3v) is 7.73. The van der Waals surface area contributed by atoms with Crippen molar-refractivity contribution in [2.45, 2.75) is 36.5 Å². The SMILES string of the molecule is Cn1c(SCCCN2CC[C@]3(C[C@@H]3c3ccc(C(F)(F)F)cc3)C2)nnc1/C(N)=C/C=C\N. The van der Waals surface area contributed by atoms with Gasteiger partial charge in [0, 0.05) is 19.3 Å². The molecule has 0 bridgehead atoms. The molecule has 2 heterocycles. The van der Waals surface area contributed by atoms with Crippen LogP contribution >= 0.6 is 11.8 Å². The Labute approximate surface area is 195 Å². The molecule has 10 heteroatoms. The second-order valence-corrected chi connectivity index (χ2v) is 9.90. The normalized spacial score (nSPS) is 23.8. The first kappa shape index (κ1) is 23.7. The van der Waals surface area contributed by atoms with Gasteiger partial charge in [0.15, 0.2) is 11.0 Å². The van der Waals surface area contributed by atoms with Gasteiger partial charge in [-0.05, 0) is 79.7 Å². The van der Waals surface area contributed by atoms with Crippen LogP contribution in [-0.2, 0) is 13.2 Å². The van der Waals surface area contributed by atoms with Crippen molar-refractivity contribution in [1.29, 1.82) is 0 Å². The number of hydrogen-bond donors (Lipinski definition) is 2. The molecule has 0 unspecified atom stereocenters. The van der Waals surface area contributed by atoms with E-state index < -0.39 is 11.7 Å². The minimum atomic E-state index is -4.28. The van der Waals surface area contributed by atoms with Crippen LogP contribution in [0.4, 0.5) is 13.2 Å². The topological polar surface area (TPSA) is 86.0 Å². The van der Waals surface area contributed by atoms with E-state index >= 15 is 0 Å². The molecule has 1 spiro atoms. The first-order valence-corrected chi connectivity index (χ1v) is 12.0. The van der Waals surface area contributed by atoms with Gasteiger partial charge in [-0.2, -0.15) is 13.2 Å². The summed E-state index contributed by atoms with van der Waals surface area (Å²) in [4.78, 5) is 2.48. The molecule has 0 radical (unpaired) electrons. The molecule has 33 heavy (non-hydrogen) atoms. The van der Waals surface area contributed by atoms with E-state index in [1.807, 2.05) is 11.6 Å². The summed E-state index contributed by atoms with van der Waals surface area (Å²) in [5.41, 5.74) is 12.6. The fourth-order valence-electron chi connectivity index (χ4n) is 4.73. The van der Waals surface area contributed by atoms with E-state index in [2.05, 4.69) is 15.1 Å². The molecule has 178 valence electrons. The Morgan fingerprint density at radius 2 is 2.03 bits per heavy atom. The molecule has 1 aromatic heterocycles. The summed E-state index contributed by atoms with van der Waals surface area (Å²) < 4.78 is 40.3. The minimum absolute atomic E-state index is 0.243. The van der Waals surface area contributed by atoms with Gasteiger partial charge in [-0.3, -0.25) is 0 Å². The summed E-state index contributed by atoms with van der Waals surface area (Å²) in [7, 11) is 1.89. The number of likely N-dealkylation sites (tertiary alicyclic amines) is 1. The third-order valence-electron chi connectivity index (χ3n) is 6.62. The van der Waals surface area contributed by atoms with E-state index in [-0.39, 0.29) is 5.41 Å². The fraction of sp³-hybridized carbons (Fsp3) is 0.478. The number of allylic oxidation sites excluding steroid dienone is 2. The Balaban J connectivity index is 1.23. The van der Waals surface area contributed by atoms with Crippen LogP contribution in [0.25, 0.3) is 5.70 Å². The maximum atomic E-state index is 12.8. The summed E-state index contributed by atoms with van der Waals surface area (Å²) in [6.07, 6.45) is 3.68. The number of aromatic nitrogens is 3. The summed E-state index contributed by atoms with van der Waals surface area (Å²) >= 11 is 1.65. The van der Waals surface area contributed by atoms with Gasteiger partial charge in [-0.1, -0.05) is 23.9 Å². The van der Waals surface area contributed by atoms with Gasteiger partial charge in [0.05, 0.1) is 11.3 Å². The average Bonchev–Trinajstić information content (AvgIpc) is 3.12. The lowest BCUT2D eigenvalue weighted by molar-refractivity contribution is -0.137. The van der Waals surface area contributed by atoms with Crippen LogP contribution in [0, 0.1) is 5.41 Å². The van der Waals surface area contributed by atoms with Crippen LogP contribution < -0.4 is 11.5 Å². The molecule has 2 fully saturated rings. The molecule has 1 aliphatic carbocycles. The zero-order valence-corrected chi connectivity index (χ0v) is 19.4. The number of alkyl halides is 3. The first-order valence-electron chi connectivity index (χ1n) is 11.0. The molecule has 1 saturated carbocycles. The summed E-state index contributed by atoms with van der Waals surface area (Å²) in [5, 5.41) is 9.21. The summed E-state index contributed by atoms with van der Waals surface area (Å²) in [6, 6.07) is 5.74. The van der Waals surface area contributed by atoms with Crippen molar-refractivity contribution in [3.63, 3.8) is 0 Å². The van der Waals surface area contributed by atoms with Crippen LogP contribution in [0.2, 0.25) is 0 Å². The molecule has 2 atom stereocenters. The molecule has 0 amide bonds. The highest BCUT2D eigenvalue weighted by Crippen LogP contribution is 2.64. The highest BCUT2D eigenvalue weighted by Gasteiger charge is 2.57. The van der Waals surface area contributed by atoms with Gasteiger partial charge in [0.25, 0.3) is 0 Å². The van der Waals surface area contributed by atoms with E-state index in [9.17, 15) is 13.2 Å². The minimum Gasteiger partial charge on any atom is -0.405 e. The quantitative estimate of drug-likeness (QED) is 0.339. The smallest absolute Gasteiger partial charge is 0.405 e. The number of benzene rings is 1. The predicted molar refractivity (Wildman–Crippen MR) is 124 cm³/mol. The van der Waals surface area contributed by atoms with Gasteiger partial charge in [0.1, 0.15) is 0 Å². The molecule has 1 saturated heterocycles. The van der Waals surface area contributed by atoms with Gasteiger partial charge in [0.2, 0.25) is 0 Å². The Kier molecular flexibility index (Phi) is 6.76. The summed E-state index contributed by atoms with van der Waals surface area (Å²) in [5.74, 6) is 1.91. The maximum Gasteiger partial charge on any atom is 0.416 e. The lowest BCUT2D eigenvalue weighted by atomic mass is 9.97. The Morgan fingerprint density at radius 3 is 2.73 bits per heavy atom. The zero-order chi connectivity index (χ0) is 23.6. The zero-order valence-electron chi connectivity index (χ0n) is 18.6. The van der Waals surface area contributed by atoms with E-state index in [1.54, 1.807) is 36.0 Å². The highest BCUT2D eigenvalue weighted by molar-refractivity contribution is 7.99. The molecular weight excluding hydrogens is 449 g/mol. The monoisotopic (exact) mass is 478 g/mol. The molecule has 2 aliphatic rings. The third kappa shape index (κ3) is 5.22. The number of hydrogen-bond acceptors (Lipinski definition) is 6. The molecule has 1 aromatic carbocycles. The highest BCUT2D eigenvalue weighted by atomic mass is 32.2. The molecule has 6 nitrogen and oxygen atoms in total. The van der Waals surface area contributed by atoms with E-state index in [0.29, 0.717) is 17.4 Å². The van der Waals surface area contributed by atoms with Crippen molar-refractivity contribution < 1.29 is 13.2 Å². The van der Waals surface area contributed by atoms with Crippen LogP contribution in [-0.4, -0.2) is 45.1 Å². The van der Waals surface area contributed by atoms with Gasteiger partial charge < -0.3 is 20.9 Å². The standard InChI is InChI=1S/C23H29F3N6S/c1-31-20(19(28)4-2-10-27)29-30-21(31)33-13-3-11-32-12-9-22(15-32)14-18(22)16-5-7-17(8-6-16)23(24,25)26/h2,4-8,10,18H,3,9,11-15,27-28H2,1H3/b10-2-,19-4-/t18-,22+/m1/s1. The Bertz CT molecular complexity index is 1030. The second kappa shape index (κ2) is 9.42. The van der Waals surface area contributed by atoms with E-state index in [4.69, 9.17) is 11.5 Å². The number of thioether (sulfide) groups is 1. The Hall–Kier alpha value is -2.46. The lowest BCUT2D eigenvalue weighted by Gasteiger charge is -2.16. The molecule has 2 aromatic rings. The van der Waals surface area contributed by atoms with Gasteiger partial charge in [-0.25, -0.2) is 0 Å². The van der Waals surface area contributed by atoms with Gasteiger partial charge >= 0.3 is 6.18 Å². The predicted octanol–water partition coefficient (Wildman–Crippen LogP) is 3.97. The first-order chi connectivity index (χ1) is 15.7. The molecule has 1 aliphatic heterocycles. The molecule has 4 rings (SSSR count). The van der Waals surface area contributed by atoms with Crippen LogP contribution in [0.3, 0.4) is 0 Å². The maximum absolute atomic E-state index is 12.8. The van der Waals surface area contributed by atoms with Crippen LogP contribution in [0.15, 0.2) is 47.8 Å². The van der Waals surface area contributed by atoms with Crippen LogP contribution in [0.5, 0.6) is 0 Å².